The SMILES string of the molecule is CC1CCN(c2ccc(NC(=O)Nc3ccc(Cl)c(Cl)c3)cc2C(=O)NCC2CCCO2)CC1. The molecular formula is C25H30Cl2N4O3. The Hall–Kier alpha value is -2.48. The van der Waals surface area contributed by atoms with Crippen molar-refractivity contribution in [2.45, 2.75) is 38.7 Å². The molecule has 2 heterocycles. The molecule has 34 heavy (non-hydrogen) atoms. The summed E-state index contributed by atoms with van der Waals surface area (Å²) in [5.74, 6) is 0.511. The zero-order valence-corrected chi connectivity index (χ0v) is 20.7. The highest BCUT2D eigenvalue weighted by atomic mass is 35.5. The van der Waals surface area contributed by atoms with Gasteiger partial charge in [0.1, 0.15) is 0 Å². The number of nitrogens with zero attached hydrogens (tertiary/aromatic N) is 1. The number of hydrogen-bond donors (Lipinski definition) is 3. The molecule has 0 aromatic heterocycles. The largest absolute Gasteiger partial charge is 0.376 e. The number of nitrogens with one attached hydrogen (secondary N) is 3. The molecule has 3 amide bonds. The van der Waals surface area contributed by atoms with Gasteiger partial charge in [0.2, 0.25) is 0 Å². The van der Waals surface area contributed by atoms with E-state index in [1.165, 1.54) is 0 Å². The molecule has 9 heteroatoms. The van der Waals surface area contributed by atoms with E-state index in [0.29, 0.717) is 39.4 Å². The second-order valence-electron chi connectivity index (χ2n) is 8.95. The minimum atomic E-state index is -0.441. The fraction of sp³-hybridized carbons (Fsp3) is 0.440. The first kappa shape index (κ1) is 24.6. The van der Waals surface area contributed by atoms with Gasteiger partial charge in [-0.1, -0.05) is 30.1 Å². The first-order valence-electron chi connectivity index (χ1n) is 11.7. The summed E-state index contributed by atoms with van der Waals surface area (Å²) in [6.07, 6.45) is 4.20. The van der Waals surface area contributed by atoms with Crippen LogP contribution in [0.15, 0.2) is 36.4 Å². The molecule has 7 nitrogen and oxygen atoms in total. The summed E-state index contributed by atoms with van der Waals surface area (Å²) in [5.41, 5.74) is 2.46. The molecule has 2 aromatic carbocycles. The molecule has 2 aromatic rings. The predicted octanol–water partition coefficient (Wildman–Crippen LogP) is 5.78. The van der Waals surface area contributed by atoms with Crippen molar-refractivity contribution >= 4 is 52.2 Å². The molecule has 0 aliphatic carbocycles. The average molecular weight is 505 g/mol. The molecule has 182 valence electrons. The highest BCUT2D eigenvalue weighted by Gasteiger charge is 2.23. The number of carbonyl (C=O) groups excluding carboxylic acids is 2. The molecule has 2 fully saturated rings. The monoisotopic (exact) mass is 504 g/mol. The number of urea groups is 1. The number of piperidine rings is 1. The molecule has 4 rings (SSSR count). The van der Waals surface area contributed by atoms with E-state index < -0.39 is 6.03 Å². The maximum atomic E-state index is 13.2. The lowest BCUT2D eigenvalue weighted by Crippen LogP contribution is -2.36. The molecule has 0 radical (unpaired) electrons. The zero-order valence-electron chi connectivity index (χ0n) is 19.2. The summed E-state index contributed by atoms with van der Waals surface area (Å²) >= 11 is 12.0. The number of halogens is 2. The van der Waals surface area contributed by atoms with Gasteiger partial charge in [-0.3, -0.25) is 4.79 Å². The zero-order chi connectivity index (χ0) is 24.1. The maximum Gasteiger partial charge on any atom is 0.323 e. The summed E-state index contributed by atoms with van der Waals surface area (Å²) in [6, 6.07) is 9.87. The number of ether oxygens (including phenoxy) is 1. The molecule has 0 spiro atoms. The number of benzene rings is 2. The molecule has 1 unspecified atom stereocenters. The van der Waals surface area contributed by atoms with Gasteiger partial charge in [-0.05, 0) is 68.0 Å². The van der Waals surface area contributed by atoms with E-state index in [9.17, 15) is 9.59 Å². The molecule has 2 aliphatic heterocycles. The Morgan fingerprint density at radius 2 is 1.71 bits per heavy atom. The van der Waals surface area contributed by atoms with Crippen LogP contribution in [0.25, 0.3) is 0 Å². The Labute approximate surface area is 210 Å². The molecule has 1 atom stereocenters. The van der Waals surface area contributed by atoms with Gasteiger partial charge in [-0.15, -0.1) is 0 Å². The van der Waals surface area contributed by atoms with Gasteiger partial charge in [0, 0.05) is 43.3 Å². The molecule has 0 bridgehead atoms. The van der Waals surface area contributed by atoms with E-state index in [4.69, 9.17) is 27.9 Å². The van der Waals surface area contributed by atoms with Gasteiger partial charge in [-0.25, -0.2) is 4.79 Å². The first-order valence-corrected chi connectivity index (χ1v) is 12.5. The van der Waals surface area contributed by atoms with E-state index in [1.54, 1.807) is 24.3 Å². The number of hydrogen-bond acceptors (Lipinski definition) is 4. The smallest absolute Gasteiger partial charge is 0.323 e. The third kappa shape index (κ3) is 6.34. The van der Waals surface area contributed by atoms with Crippen LogP contribution in [0, 0.1) is 5.92 Å². The van der Waals surface area contributed by atoms with Gasteiger partial charge in [-0.2, -0.15) is 0 Å². The van der Waals surface area contributed by atoms with Crippen LogP contribution in [-0.4, -0.2) is 44.3 Å². The fourth-order valence-electron chi connectivity index (χ4n) is 4.30. The second-order valence-corrected chi connectivity index (χ2v) is 9.77. The van der Waals surface area contributed by atoms with Crippen LogP contribution in [0.4, 0.5) is 21.9 Å². The van der Waals surface area contributed by atoms with E-state index >= 15 is 0 Å². The van der Waals surface area contributed by atoms with Crippen molar-refractivity contribution in [2.75, 3.05) is 41.8 Å². The molecule has 2 saturated heterocycles. The standard InChI is InChI=1S/C25H30Cl2N4O3/c1-16-8-10-31(11-9-16)23-7-5-17(13-20(23)24(32)28-15-19-3-2-12-34-19)29-25(33)30-18-4-6-21(26)22(27)14-18/h4-7,13-14,16,19H,2-3,8-12,15H2,1H3,(H,28,32)(H2,29,30,33). The number of anilines is 3. The lowest BCUT2D eigenvalue weighted by Gasteiger charge is -2.33. The lowest BCUT2D eigenvalue weighted by atomic mass is 9.97. The summed E-state index contributed by atoms with van der Waals surface area (Å²) < 4.78 is 5.64. The molecule has 3 N–H and O–H groups in total. The van der Waals surface area contributed by atoms with Gasteiger partial charge in [0.15, 0.2) is 0 Å². The van der Waals surface area contributed by atoms with E-state index in [-0.39, 0.29) is 12.0 Å². The number of carbonyl (C=O) groups is 2. The van der Waals surface area contributed by atoms with Crippen molar-refractivity contribution in [3.63, 3.8) is 0 Å². The van der Waals surface area contributed by atoms with Crippen molar-refractivity contribution in [2.24, 2.45) is 5.92 Å². The quantitative estimate of drug-likeness (QED) is 0.465. The Bertz CT molecular complexity index is 1030. The van der Waals surface area contributed by atoms with Crippen LogP contribution in [0.2, 0.25) is 10.0 Å². The van der Waals surface area contributed by atoms with E-state index in [1.807, 2.05) is 12.1 Å². The van der Waals surface area contributed by atoms with Crippen molar-refractivity contribution in [1.29, 1.82) is 0 Å². The van der Waals surface area contributed by atoms with E-state index in [2.05, 4.69) is 27.8 Å². The van der Waals surface area contributed by atoms with Crippen molar-refractivity contribution in [1.82, 2.24) is 5.32 Å². The topological polar surface area (TPSA) is 82.7 Å². The molecule has 0 saturated carbocycles. The fourth-order valence-corrected chi connectivity index (χ4v) is 4.59. The van der Waals surface area contributed by atoms with Crippen molar-refractivity contribution in [3.05, 3.63) is 52.0 Å². The van der Waals surface area contributed by atoms with Crippen LogP contribution in [0.3, 0.4) is 0 Å². The Kier molecular flexibility index (Phi) is 8.19. The summed E-state index contributed by atoms with van der Waals surface area (Å²) in [7, 11) is 0. The highest BCUT2D eigenvalue weighted by molar-refractivity contribution is 6.42. The van der Waals surface area contributed by atoms with Gasteiger partial charge >= 0.3 is 6.03 Å². The van der Waals surface area contributed by atoms with Crippen LogP contribution < -0.4 is 20.9 Å². The molecular weight excluding hydrogens is 475 g/mol. The van der Waals surface area contributed by atoms with Crippen LogP contribution in [0.1, 0.15) is 43.0 Å². The van der Waals surface area contributed by atoms with Gasteiger partial charge in [0.25, 0.3) is 5.91 Å². The predicted molar refractivity (Wildman–Crippen MR) is 137 cm³/mol. The number of amides is 3. The van der Waals surface area contributed by atoms with Crippen LogP contribution >= 0.6 is 23.2 Å². The summed E-state index contributed by atoms with van der Waals surface area (Å²) in [5, 5.41) is 9.31. The highest BCUT2D eigenvalue weighted by Crippen LogP contribution is 2.29. The Morgan fingerprint density at radius 1 is 1.00 bits per heavy atom. The van der Waals surface area contributed by atoms with Crippen LogP contribution in [0.5, 0.6) is 0 Å². The first-order chi connectivity index (χ1) is 16.4. The normalized spacial score (nSPS) is 18.6. The maximum absolute atomic E-state index is 13.2. The van der Waals surface area contributed by atoms with Gasteiger partial charge in [0.05, 0.1) is 21.7 Å². The average Bonchev–Trinajstić information content (AvgIpc) is 3.34. The third-order valence-electron chi connectivity index (χ3n) is 6.32. The number of rotatable bonds is 6. The van der Waals surface area contributed by atoms with Gasteiger partial charge < -0.3 is 25.6 Å². The summed E-state index contributed by atoms with van der Waals surface area (Å²) in [6.45, 7) is 5.28. The third-order valence-corrected chi connectivity index (χ3v) is 7.05. The van der Waals surface area contributed by atoms with Crippen LogP contribution in [-0.2, 0) is 4.74 Å². The Balaban J connectivity index is 1.49. The second kappa shape index (κ2) is 11.3. The minimum Gasteiger partial charge on any atom is -0.376 e. The lowest BCUT2D eigenvalue weighted by molar-refractivity contribution is 0.0858. The Morgan fingerprint density at radius 3 is 2.38 bits per heavy atom. The van der Waals surface area contributed by atoms with Crippen molar-refractivity contribution in [3.8, 4) is 0 Å². The van der Waals surface area contributed by atoms with E-state index in [0.717, 1.165) is 51.1 Å². The van der Waals surface area contributed by atoms with Crippen molar-refractivity contribution < 1.29 is 14.3 Å². The minimum absolute atomic E-state index is 0.0570. The summed E-state index contributed by atoms with van der Waals surface area (Å²) in [4.78, 5) is 28.0. The molecule has 2 aliphatic rings.